The normalized spacial score (nSPS) is 11.4. The van der Waals surface area contributed by atoms with E-state index < -0.39 is 0 Å². The van der Waals surface area contributed by atoms with Crippen LogP contribution < -0.4 is 11.1 Å². The predicted molar refractivity (Wildman–Crippen MR) is 110 cm³/mol. The minimum Gasteiger partial charge on any atom is -0.370 e. The first-order valence-corrected chi connectivity index (χ1v) is 10.0. The SMILES string of the molecule is CCCCCCCCNC(N)=NCc1ccc(C(=O)N(CC)CC)cc1. The largest absolute Gasteiger partial charge is 0.370 e. The quantitative estimate of drug-likeness (QED) is 0.337. The number of hydrogen-bond donors (Lipinski definition) is 2. The Labute approximate surface area is 159 Å². The number of aliphatic imine (C=N–C) groups is 1. The number of hydrogen-bond acceptors (Lipinski definition) is 2. The molecule has 1 aromatic carbocycles. The second-order valence-corrected chi connectivity index (χ2v) is 6.57. The summed E-state index contributed by atoms with van der Waals surface area (Å²) in [5.41, 5.74) is 7.68. The zero-order valence-electron chi connectivity index (χ0n) is 16.8. The molecule has 0 heterocycles. The summed E-state index contributed by atoms with van der Waals surface area (Å²) in [7, 11) is 0. The van der Waals surface area contributed by atoms with Crippen molar-refractivity contribution in [3.05, 3.63) is 35.4 Å². The summed E-state index contributed by atoms with van der Waals surface area (Å²) in [6, 6.07) is 7.62. The molecule has 0 aliphatic rings. The Balaban J connectivity index is 2.35. The number of benzene rings is 1. The van der Waals surface area contributed by atoms with Crippen molar-refractivity contribution in [2.45, 2.75) is 65.8 Å². The van der Waals surface area contributed by atoms with E-state index in [1.807, 2.05) is 43.0 Å². The molecule has 1 rings (SSSR count). The van der Waals surface area contributed by atoms with Crippen LogP contribution in [0, 0.1) is 0 Å². The van der Waals surface area contributed by atoms with Crippen LogP contribution in [-0.2, 0) is 6.54 Å². The number of carbonyl (C=O) groups is 1. The fourth-order valence-corrected chi connectivity index (χ4v) is 2.80. The van der Waals surface area contributed by atoms with Crippen molar-refractivity contribution < 1.29 is 4.79 Å². The van der Waals surface area contributed by atoms with E-state index in [2.05, 4.69) is 17.2 Å². The molecule has 0 saturated carbocycles. The van der Waals surface area contributed by atoms with Gasteiger partial charge < -0.3 is 16.0 Å². The van der Waals surface area contributed by atoms with Gasteiger partial charge in [0.15, 0.2) is 5.96 Å². The second-order valence-electron chi connectivity index (χ2n) is 6.57. The molecule has 26 heavy (non-hydrogen) atoms. The lowest BCUT2D eigenvalue weighted by molar-refractivity contribution is 0.0773. The number of guanidine groups is 1. The standard InChI is InChI=1S/C21H36N4O/c1-4-7-8-9-10-11-16-23-21(22)24-17-18-12-14-19(15-13-18)20(26)25(5-2)6-3/h12-15H,4-11,16-17H2,1-3H3,(H3,22,23,24). The van der Waals surface area contributed by atoms with Gasteiger partial charge in [0, 0.05) is 25.2 Å². The van der Waals surface area contributed by atoms with Gasteiger partial charge in [0.05, 0.1) is 6.54 Å². The van der Waals surface area contributed by atoms with Gasteiger partial charge >= 0.3 is 0 Å². The predicted octanol–water partition coefficient (Wildman–Crippen LogP) is 3.93. The van der Waals surface area contributed by atoms with Gasteiger partial charge in [0.2, 0.25) is 0 Å². The molecule has 0 aromatic heterocycles. The van der Waals surface area contributed by atoms with Crippen LogP contribution in [0.4, 0.5) is 0 Å². The molecule has 1 aromatic rings. The molecule has 0 bridgehead atoms. The first kappa shape index (κ1) is 22.0. The van der Waals surface area contributed by atoms with Crippen LogP contribution in [0.15, 0.2) is 29.3 Å². The van der Waals surface area contributed by atoms with Crippen molar-refractivity contribution in [2.75, 3.05) is 19.6 Å². The number of rotatable bonds is 12. The number of carbonyl (C=O) groups excluding carboxylic acids is 1. The Hall–Kier alpha value is -2.04. The summed E-state index contributed by atoms with van der Waals surface area (Å²) in [6.45, 7) is 9.06. The average molecular weight is 361 g/mol. The highest BCUT2D eigenvalue weighted by Gasteiger charge is 2.11. The van der Waals surface area contributed by atoms with E-state index in [1.54, 1.807) is 0 Å². The summed E-state index contributed by atoms with van der Waals surface area (Å²) in [4.78, 5) is 18.5. The van der Waals surface area contributed by atoms with E-state index in [0.717, 1.165) is 37.2 Å². The second kappa shape index (κ2) is 13.2. The highest BCUT2D eigenvalue weighted by molar-refractivity contribution is 5.94. The molecule has 0 aliphatic carbocycles. The highest BCUT2D eigenvalue weighted by atomic mass is 16.2. The molecule has 3 N–H and O–H groups in total. The molecule has 5 heteroatoms. The van der Waals surface area contributed by atoms with Crippen molar-refractivity contribution in [3.8, 4) is 0 Å². The van der Waals surface area contributed by atoms with Gasteiger partial charge in [-0.05, 0) is 38.0 Å². The Kier molecular flexibility index (Phi) is 11.2. The molecule has 0 atom stereocenters. The highest BCUT2D eigenvalue weighted by Crippen LogP contribution is 2.09. The van der Waals surface area contributed by atoms with E-state index in [0.29, 0.717) is 12.5 Å². The Morgan fingerprint density at radius 1 is 1.00 bits per heavy atom. The third kappa shape index (κ3) is 8.37. The number of nitrogens with one attached hydrogen (secondary N) is 1. The lowest BCUT2D eigenvalue weighted by Gasteiger charge is -2.18. The van der Waals surface area contributed by atoms with E-state index in [4.69, 9.17) is 5.73 Å². The van der Waals surface area contributed by atoms with Gasteiger partial charge in [-0.3, -0.25) is 4.79 Å². The van der Waals surface area contributed by atoms with E-state index >= 15 is 0 Å². The van der Waals surface area contributed by atoms with Crippen LogP contribution in [-0.4, -0.2) is 36.4 Å². The minimum absolute atomic E-state index is 0.0742. The summed E-state index contributed by atoms with van der Waals surface area (Å²) < 4.78 is 0. The van der Waals surface area contributed by atoms with Crippen LogP contribution >= 0.6 is 0 Å². The molecule has 0 aliphatic heterocycles. The third-order valence-electron chi connectivity index (χ3n) is 4.52. The fourth-order valence-electron chi connectivity index (χ4n) is 2.80. The fraction of sp³-hybridized carbons (Fsp3) is 0.619. The first-order valence-electron chi connectivity index (χ1n) is 10.0. The Morgan fingerprint density at radius 2 is 1.62 bits per heavy atom. The summed E-state index contributed by atoms with van der Waals surface area (Å²) in [6.07, 6.45) is 7.60. The van der Waals surface area contributed by atoms with Gasteiger partial charge in [-0.25, -0.2) is 4.99 Å². The zero-order chi connectivity index (χ0) is 19.2. The molecule has 0 unspecified atom stereocenters. The lowest BCUT2D eigenvalue weighted by Crippen LogP contribution is -2.32. The molecular weight excluding hydrogens is 324 g/mol. The Morgan fingerprint density at radius 3 is 2.23 bits per heavy atom. The maximum absolute atomic E-state index is 12.3. The maximum Gasteiger partial charge on any atom is 0.253 e. The van der Waals surface area contributed by atoms with Crippen molar-refractivity contribution in [3.63, 3.8) is 0 Å². The average Bonchev–Trinajstić information content (AvgIpc) is 2.67. The molecule has 0 saturated heterocycles. The van der Waals surface area contributed by atoms with Crippen LogP contribution in [0.3, 0.4) is 0 Å². The topological polar surface area (TPSA) is 70.7 Å². The molecule has 0 fully saturated rings. The molecule has 0 radical (unpaired) electrons. The monoisotopic (exact) mass is 360 g/mol. The number of unbranched alkanes of at least 4 members (excludes halogenated alkanes) is 5. The van der Waals surface area contributed by atoms with Gasteiger partial charge in [0.1, 0.15) is 0 Å². The summed E-state index contributed by atoms with van der Waals surface area (Å²) >= 11 is 0. The van der Waals surface area contributed by atoms with Gasteiger partial charge in [-0.2, -0.15) is 0 Å². The van der Waals surface area contributed by atoms with Gasteiger partial charge in [0.25, 0.3) is 5.91 Å². The number of nitrogens with zero attached hydrogens (tertiary/aromatic N) is 2. The molecule has 146 valence electrons. The molecular formula is C21H36N4O. The van der Waals surface area contributed by atoms with E-state index in [1.165, 1.54) is 32.1 Å². The van der Waals surface area contributed by atoms with E-state index in [9.17, 15) is 4.79 Å². The number of nitrogens with two attached hydrogens (primary N) is 1. The van der Waals surface area contributed by atoms with Gasteiger partial charge in [-0.15, -0.1) is 0 Å². The maximum atomic E-state index is 12.3. The summed E-state index contributed by atoms with van der Waals surface area (Å²) in [5.74, 6) is 0.562. The summed E-state index contributed by atoms with van der Waals surface area (Å²) in [5, 5.41) is 3.17. The number of amides is 1. The molecule has 0 spiro atoms. The van der Waals surface area contributed by atoms with Gasteiger partial charge in [-0.1, -0.05) is 51.2 Å². The van der Waals surface area contributed by atoms with Crippen LogP contribution in [0.2, 0.25) is 0 Å². The lowest BCUT2D eigenvalue weighted by atomic mass is 10.1. The first-order chi connectivity index (χ1) is 12.6. The van der Waals surface area contributed by atoms with Crippen molar-refractivity contribution in [1.82, 2.24) is 10.2 Å². The van der Waals surface area contributed by atoms with Crippen LogP contribution in [0.5, 0.6) is 0 Å². The van der Waals surface area contributed by atoms with Crippen molar-refractivity contribution in [1.29, 1.82) is 0 Å². The van der Waals surface area contributed by atoms with E-state index in [-0.39, 0.29) is 5.91 Å². The Bertz CT molecular complexity index is 535. The van der Waals surface area contributed by atoms with Crippen LogP contribution in [0.1, 0.15) is 75.2 Å². The third-order valence-corrected chi connectivity index (χ3v) is 4.52. The van der Waals surface area contributed by atoms with Crippen LogP contribution in [0.25, 0.3) is 0 Å². The van der Waals surface area contributed by atoms with Crippen molar-refractivity contribution >= 4 is 11.9 Å². The minimum atomic E-state index is 0.0742. The zero-order valence-corrected chi connectivity index (χ0v) is 16.8. The smallest absolute Gasteiger partial charge is 0.253 e. The molecule has 5 nitrogen and oxygen atoms in total. The van der Waals surface area contributed by atoms with Crippen molar-refractivity contribution in [2.24, 2.45) is 10.7 Å². The molecule has 1 amide bonds.